The van der Waals surface area contributed by atoms with Crippen LogP contribution < -0.4 is 11.1 Å². The van der Waals surface area contributed by atoms with Gasteiger partial charge in [-0.05, 0) is 83.5 Å². The summed E-state index contributed by atoms with van der Waals surface area (Å²) in [6.07, 6.45) is 51.8. The van der Waals surface area contributed by atoms with Gasteiger partial charge in [0, 0.05) is 13.0 Å². The molecule has 0 spiro atoms. The Bertz CT molecular complexity index is 1120. The van der Waals surface area contributed by atoms with E-state index in [1.54, 1.807) is 6.08 Å². The summed E-state index contributed by atoms with van der Waals surface area (Å²) in [7, 11) is -4.37. The first kappa shape index (κ1) is 49.4. The molecule has 0 saturated carbocycles. The molecule has 8 nitrogen and oxygen atoms in total. The average molecular weight is 745 g/mol. The maximum atomic E-state index is 12.7. The van der Waals surface area contributed by atoms with Crippen LogP contribution >= 0.6 is 7.82 Å². The molecule has 0 aromatic rings. The standard InChI is InChI=1S/C43H73N2O6P/c1-3-5-7-9-11-13-15-17-19-21-23-25-27-29-31-33-35-37-43(47)45-41(40-51-52(48,49)50-39-38-44)42(46)36-34-32-30-28-26-24-22-20-18-16-14-12-10-8-6-4-2/h5,7,11,13,17-20,23,25-26,28-29,31,34,36,41-42,46H,3-4,6,8-10,12,14-16,21-22,24,27,30,32-33,35,37-40,44H2,1-2H3,(H,45,47)(H,48,49)/b7-5-,13-11-,19-17-,20-18+,25-23-,28-26+,31-29-,36-34+. The molecular weight excluding hydrogens is 671 g/mol. The van der Waals surface area contributed by atoms with Crippen molar-refractivity contribution >= 4 is 13.7 Å². The SMILES string of the molecule is CC/C=C\C/C=C\C/C=C\C/C=C\C/C=C\CCCC(=O)NC(COP(=O)(O)OCCN)C(O)/C=C/CC/C=C/CC/C=C/CCCCCCCC. The van der Waals surface area contributed by atoms with Crippen molar-refractivity contribution in [3.8, 4) is 0 Å². The number of carbonyl (C=O) groups excluding carboxylic acids is 1. The molecule has 296 valence electrons. The van der Waals surface area contributed by atoms with Gasteiger partial charge in [0.25, 0.3) is 0 Å². The van der Waals surface area contributed by atoms with Crippen LogP contribution in [0.3, 0.4) is 0 Å². The highest BCUT2D eigenvalue weighted by Gasteiger charge is 2.26. The van der Waals surface area contributed by atoms with Crippen LogP contribution in [0.4, 0.5) is 0 Å². The molecule has 5 N–H and O–H groups in total. The van der Waals surface area contributed by atoms with E-state index in [0.29, 0.717) is 12.8 Å². The molecule has 0 aliphatic heterocycles. The van der Waals surface area contributed by atoms with Crippen molar-refractivity contribution in [2.24, 2.45) is 5.73 Å². The lowest BCUT2D eigenvalue weighted by Crippen LogP contribution is -2.45. The number of hydrogen-bond donors (Lipinski definition) is 4. The number of aliphatic hydroxyl groups excluding tert-OH is 1. The molecule has 0 aromatic heterocycles. The summed E-state index contributed by atoms with van der Waals surface area (Å²) >= 11 is 0. The Labute approximate surface area is 317 Å². The number of amides is 1. The molecule has 3 atom stereocenters. The lowest BCUT2D eigenvalue weighted by Gasteiger charge is -2.23. The molecule has 0 radical (unpaired) electrons. The van der Waals surface area contributed by atoms with Crippen LogP contribution in [0.2, 0.25) is 0 Å². The van der Waals surface area contributed by atoms with E-state index in [-0.39, 0.29) is 25.5 Å². The smallest absolute Gasteiger partial charge is 0.387 e. The van der Waals surface area contributed by atoms with Gasteiger partial charge in [-0.25, -0.2) is 4.57 Å². The van der Waals surface area contributed by atoms with Gasteiger partial charge in [0.05, 0.1) is 25.4 Å². The molecule has 0 aliphatic carbocycles. The third kappa shape index (κ3) is 35.8. The quantitative estimate of drug-likeness (QED) is 0.0289. The molecule has 52 heavy (non-hydrogen) atoms. The lowest BCUT2D eigenvalue weighted by molar-refractivity contribution is -0.122. The molecule has 9 heteroatoms. The summed E-state index contributed by atoms with van der Waals surface area (Å²) in [6, 6.07) is -0.918. The molecule has 0 fully saturated rings. The maximum Gasteiger partial charge on any atom is 0.472 e. The van der Waals surface area contributed by atoms with Gasteiger partial charge in [0.1, 0.15) is 0 Å². The number of unbranched alkanes of at least 4 members (excludes halogenated alkanes) is 9. The third-order valence-electron chi connectivity index (χ3n) is 7.87. The second-order valence-electron chi connectivity index (χ2n) is 12.7. The van der Waals surface area contributed by atoms with E-state index >= 15 is 0 Å². The van der Waals surface area contributed by atoms with E-state index < -0.39 is 26.6 Å². The molecular formula is C43H73N2O6P. The molecule has 1 amide bonds. The van der Waals surface area contributed by atoms with Gasteiger partial charge in [-0.15, -0.1) is 0 Å². The van der Waals surface area contributed by atoms with Crippen molar-refractivity contribution in [1.82, 2.24) is 5.32 Å². The predicted molar refractivity (Wildman–Crippen MR) is 221 cm³/mol. The van der Waals surface area contributed by atoms with Gasteiger partial charge in [0.15, 0.2) is 0 Å². The fourth-order valence-corrected chi connectivity index (χ4v) is 5.66. The minimum absolute atomic E-state index is 0.0573. The Hall–Kier alpha value is -2.58. The highest BCUT2D eigenvalue weighted by molar-refractivity contribution is 7.47. The van der Waals surface area contributed by atoms with E-state index in [9.17, 15) is 19.4 Å². The zero-order valence-electron chi connectivity index (χ0n) is 32.5. The summed E-state index contributed by atoms with van der Waals surface area (Å²) in [5.41, 5.74) is 5.35. The van der Waals surface area contributed by atoms with Crippen molar-refractivity contribution in [2.75, 3.05) is 19.8 Å². The van der Waals surface area contributed by atoms with Crippen LogP contribution in [0.15, 0.2) is 97.2 Å². The summed E-state index contributed by atoms with van der Waals surface area (Å²) in [5.74, 6) is -0.270. The van der Waals surface area contributed by atoms with Gasteiger partial charge in [-0.2, -0.15) is 0 Å². The number of phosphoric ester groups is 1. The highest BCUT2D eigenvalue weighted by atomic mass is 31.2. The second-order valence-corrected chi connectivity index (χ2v) is 14.2. The fraction of sp³-hybridized carbons (Fsp3) is 0.605. The number of nitrogens with two attached hydrogens (primary N) is 1. The van der Waals surface area contributed by atoms with Crippen LogP contribution in [0.25, 0.3) is 0 Å². The van der Waals surface area contributed by atoms with Crippen molar-refractivity contribution in [3.63, 3.8) is 0 Å². The molecule has 0 aliphatic rings. The third-order valence-corrected chi connectivity index (χ3v) is 8.86. The summed E-state index contributed by atoms with van der Waals surface area (Å²) < 4.78 is 22.0. The van der Waals surface area contributed by atoms with Crippen LogP contribution in [0, 0.1) is 0 Å². The second kappa shape index (κ2) is 38.2. The van der Waals surface area contributed by atoms with E-state index in [0.717, 1.165) is 64.2 Å². The monoisotopic (exact) mass is 745 g/mol. The summed E-state index contributed by atoms with van der Waals surface area (Å²) in [6.45, 7) is 3.90. The summed E-state index contributed by atoms with van der Waals surface area (Å²) in [5, 5.41) is 13.6. The average Bonchev–Trinajstić information content (AvgIpc) is 3.13. The van der Waals surface area contributed by atoms with Crippen molar-refractivity contribution < 1.29 is 28.4 Å². The number of allylic oxidation sites excluding steroid dienone is 15. The number of rotatable bonds is 35. The topological polar surface area (TPSA) is 131 Å². The number of hydrogen-bond acceptors (Lipinski definition) is 6. The number of phosphoric acid groups is 1. The molecule has 3 unspecified atom stereocenters. The zero-order chi connectivity index (χ0) is 38.2. The first-order valence-electron chi connectivity index (χ1n) is 19.9. The van der Waals surface area contributed by atoms with E-state index in [4.69, 9.17) is 14.8 Å². The molecule has 0 bridgehead atoms. The first-order valence-corrected chi connectivity index (χ1v) is 21.4. The van der Waals surface area contributed by atoms with E-state index in [2.05, 4.69) is 104 Å². The van der Waals surface area contributed by atoms with Gasteiger partial charge in [-0.1, -0.05) is 143 Å². The minimum Gasteiger partial charge on any atom is -0.387 e. The van der Waals surface area contributed by atoms with Gasteiger partial charge >= 0.3 is 7.82 Å². The fourth-order valence-electron chi connectivity index (χ4n) is 4.90. The number of nitrogens with one attached hydrogen (secondary N) is 1. The van der Waals surface area contributed by atoms with E-state index in [1.807, 2.05) is 6.08 Å². The maximum absolute atomic E-state index is 12.7. The van der Waals surface area contributed by atoms with Crippen molar-refractivity contribution in [2.45, 2.75) is 148 Å². The van der Waals surface area contributed by atoms with Crippen LogP contribution in [-0.2, 0) is 18.4 Å². The highest BCUT2D eigenvalue weighted by Crippen LogP contribution is 2.43. The molecule has 0 rings (SSSR count). The largest absolute Gasteiger partial charge is 0.472 e. The Kier molecular flexibility index (Phi) is 36.3. The lowest BCUT2D eigenvalue weighted by atomic mass is 10.1. The van der Waals surface area contributed by atoms with Gasteiger partial charge < -0.3 is 21.1 Å². The Balaban J connectivity index is 4.51. The molecule has 0 aromatic carbocycles. The van der Waals surface area contributed by atoms with Crippen molar-refractivity contribution in [3.05, 3.63) is 97.2 Å². The number of carbonyl (C=O) groups is 1. The van der Waals surface area contributed by atoms with Crippen LogP contribution in [0.5, 0.6) is 0 Å². The normalized spacial score (nSPS) is 15.2. The summed E-state index contributed by atoms with van der Waals surface area (Å²) in [4.78, 5) is 22.6. The minimum atomic E-state index is -4.37. The van der Waals surface area contributed by atoms with E-state index in [1.165, 1.54) is 38.5 Å². The van der Waals surface area contributed by atoms with Gasteiger partial charge in [-0.3, -0.25) is 13.8 Å². The van der Waals surface area contributed by atoms with Crippen LogP contribution in [0.1, 0.15) is 136 Å². The molecule has 0 heterocycles. The van der Waals surface area contributed by atoms with Crippen molar-refractivity contribution in [1.29, 1.82) is 0 Å². The Morgan fingerprint density at radius 3 is 1.71 bits per heavy atom. The zero-order valence-corrected chi connectivity index (χ0v) is 33.4. The molecule has 0 saturated heterocycles. The number of aliphatic hydroxyl groups is 1. The Morgan fingerprint density at radius 1 is 0.654 bits per heavy atom. The first-order chi connectivity index (χ1) is 25.4. The van der Waals surface area contributed by atoms with Crippen LogP contribution in [-0.4, -0.2) is 47.8 Å². The van der Waals surface area contributed by atoms with Gasteiger partial charge in [0.2, 0.25) is 5.91 Å². The predicted octanol–water partition coefficient (Wildman–Crippen LogP) is 10.8. The Morgan fingerprint density at radius 2 is 1.13 bits per heavy atom.